The minimum Gasteiger partial charge on any atom is -0.507 e. The van der Waals surface area contributed by atoms with Gasteiger partial charge in [0.1, 0.15) is 11.5 Å². The largest absolute Gasteiger partial charge is 0.507 e. The summed E-state index contributed by atoms with van der Waals surface area (Å²) in [6, 6.07) is 10.5. The van der Waals surface area contributed by atoms with Crippen LogP contribution in [0.4, 0.5) is 0 Å². The lowest BCUT2D eigenvalue weighted by Crippen LogP contribution is -2.41. The lowest BCUT2D eigenvalue weighted by atomic mass is 9.95. The molecule has 0 aliphatic heterocycles. The fourth-order valence-electron chi connectivity index (χ4n) is 2.35. The van der Waals surface area contributed by atoms with E-state index in [0.29, 0.717) is 28.5 Å². The van der Waals surface area contributed by atoms with Crippen molar-refractivity contribution in [1.82, 2.24) is 0 Å². The summed E-state index contributed by atoms with van der Waals surface area (Å²) < 4.78 is 20.5. The number of rotatable bonds is 9. The first-order chi connectivity index (χ1) is 13.0. The molecule has 0 radical (unpaired) electrons. The number of hydrogen-bond donors (Lipinski definition) is 4. The third-order valence-electron chi connectivity index (χ3n) is 3.95. The van der Waals surface area contributed by atoms with Gasteiger partial charge >= 0.3 is 7.82 Å². The van der Waals surface area contributed by atoms with Gasteiger partial charge in [-0.25, -0.2) is 4.57 Å². The standard InChI is InChI=1S/C18H23ClNO6PS/c1-18(20,11-26-27(22,23)24)8-7-12-3-5-14(10-15(12)19)28-17-9-13(25-2)4-6-16(17)21/h3-6,9-10,21H,7-8,11,20H2,1-2H3,(H2,22,23,24)/t18-/m0/s1. The quantitative estimate of drug-likeness (QED) is 0.426. The Morgan fingerprint density at radius 1 is 1.25 bits per heavy atom. The van der Waals surface area contributed by atoms with E-state index in [1.165, 1.54) is 11.8 Å². The van der Waals surface area contributed by atoms with Gasteiger partial charge in [0.05, 0.1) is 18.6 Å². The van der Waals surface area contributed by atoms with E-state index in [9.17, 15) is 9.67 Å². The molecule has 0 spiro atoms. The van der Waals surface area contributed by atoms with Crippen molar-refractivity contribution in [2.24, 2.45) is 5.73 Å². The Kier molecular flexibility index (Phi) is 7.81. The molecule has 2 aromatic carbocycles. The Morgan fingerprint density at radius 2 is 1.96 bits per heavy atom. The van der Waals surface area contributed by atoms with Crippen LogP contribution in [0.25, 0.3) is 0 Å². The summed E-state index contributed by atoms with van der Waals surface area (Å²) in [5.74, 6) is 0.790. The normalized spacial score (nSPS) is 13.9. The van der Waals surface area contributed by atoms with E-state index in [4.69, 9.17) is 31.9 Å². The molecule has 0 saturated heterocycles. The van der Waals surface area contributed by atoms with Gasteiger partial charge in [0.2, 0.25) is 0 Å². The highest BCUT2D eigenvalue weighted by molar-refractivity contribution is 7.99. The molecule has 0 aromatic heterocycles. The summed E-state index contributed by atoms with van der Waals surface area (Å²) in [6.07, 6.45) is 0.946. The van der Waals surface area contributed by atoms with Gasteiger partial charge in [0.15, 0.2) is 0 Å². The second-order valence-corrected chi connectivity index (χ2v) is 9.37. The van der Waals surface area contributed by atoms with Crippen LogP contribution in [-0.2, 0) is 15.5 Å². The zero-order chi connectivity index (χ0) is 20.9. The number of methoxy groups -OCH3 is 1. The Morgan fingerprint density at radius 3 is 2.57 bits per heavy atom. The average Bonchev–Trinajstić information content (AvgIpc) is 2.61. The van der Waals surface area contributed by atoms with E-state index in [0.717, 1.165) is 10.5 Å². The highest BCUT2D eigenvalue weighted by Crippen LogP contribution is 2.39. The molecular weight excluding hydrogens is 425 g/mol. The van der Waals surface area contributed by atoms with Gasteiger partial charge in [0.25, 0.3) is 0 Å². The van der Waals surface area contributed by atoms with Gasteiger partial charge in [0, 0.05) is 15.5 Å². The average molecular weight is 448 g/mol. The number of aromatic hydroxyl groups is 1. The van der Waals surface area contributed by atoms with Crippen LogP contribution in [-0.4, -0.2) is 34.1 Å². The molecule has 10 heteroatoms. The van der Waals surface area contributed by atoms with Crippen LogP contribution in [0.2, 0.25) is 5.02 Å². The molecule has 0 fully saturated rings. The molecule has 28 heavy (non-hydrogen) atoms. The topological polar surface area (TPSA) is 122 Å². The molecule has 0 aliphatic rings. The number of phenols is 1. The number of benzene rings is 2. The number of halogens is 1. The van der Waals surface area contributed by atoms with Gasteiger partial charge in [-0.05, 0) is 55.7 Å². The van der Waals surface area contributed by atoms with Crippen LogP contribution >= 0.6 is 31.2 Å². The van der Waals surface area contributed by atoms with Gasteiger partial charge in [-0.1, -0.05) is 29.4 Å². The lowest BCUT2D eigenvalue weighted by Gasteiger charge is -2.24. The van der Waals surface area contributed by atoms with Crippen molar-refractivity contribution >= 4 is 31.2 Å². The fourth-order valence-corrected chi connectivity index (χ4v) is 4.07. The molecule has 2 rings (SSSR count). The van der Waals surface area contributed by atoms with Gasteiger partial charge in [-0.15, -0.1) is 0 Å². The van der Waals surface area contributed by atoms with Crippen LogP contribution in [0.5, 0.6) is 11.5 Å². The highest BCUT2D eigenvalue weighted by atomic mass is 35.5. The predicted octanol–water partition coefficient (Wildman–Crippen LogP) is 3.96. The number of nitrogens with two attached hydrogens (primary N) is 1. The molecule has 2 aromatic rings. The molecule has 0 aliphatic carbocycles. The Balaban J connectivity index is 2.03. The number of phenolic OH excluding ortho intramolecular Hbond substituents is 1. The van der Waals surface area contributed by atoms with Crippen LogP contribution < -0.4 is 10.5 Å². The number of hydrogen-bond acceptors (Lipinski definition) is 6. The summed E-state index contributed by atoms with van der Waals surface area (Å²) in [5.41, 5.74) is 5.99. The maximum Gasteiger partial charge on any atom is 0.469 e. The van der Waals surface area contributed by atoms with Crippen molar-refractivity contribution in [3.63, 3.8) is 0 Å². The third kappa shape index (κ3) is 7.29. The van der Waals surface area contributed by atoms with E-state index in [-0.39, 0.29) is 12.4 Å². The van der Waals surface area contributed by atoms with Crippen LogP contribution in [0.1, 0.15) is 18.9 Å². The molecule has 0 heterocycles. The molecule has 154 valence electrons. The highest BCUT2D eigenvalue weighted by Gasteiger charge is 2.24. The number of phosphoric ester groups is 1. The lowest BCUT2D eigenvalue weighted by molar-refractivity contribution is 0.154. The van der Waals surface area contributed by atoms with Crippen molar-refractivity contribution in [3.8, 4) is 11.5 Å². The van der Waals surface area contributed by atoms with E-state index >= 15 is 0 Å². The van der Waals surface area contributed by atoms with Crippen molar-refractivity contribution < 1.29 is 28.7 Å². The summed E-state index contributed by atoms with van der Waals surface area (Å²) in [4.78, 5) is 19.1. The van der Waals surface area contributed by atoms with Gasteiger partial charge in [-0.2, -0.15) is 0 Å². The smallest absolute Gasteiger partial charge is 0.469 e. The third-order valence-corrected chi connectivity index (χ3v) is 5.80. The Labute approximate surface area is 173 Å². The number of aryl methyl sites for hydroxylation is 1. The molecule has 0 unspecified atom stereocenters. The van der Waals surface area contributed by atoms with Crippen molar-refractivity contribution in [2.45, 2.75) is 35.1 Å². The zero-order valence-corrected chi connectivity index (χ0v) is 17.9. The number of ether oxygens (including phenoxy) is 1. The van der Waals surface area contributed by atoms with E-state index in [2.05, 4.69) is 4.52 Å². The summed E-state index contributed by atoms with van der Waals surface area (Å²) in [5, 5.41) is 10.5. The minimum atomic E-state index is -4.56. The maximum atomic E-state index is 10.8. The molecule has 1 atom stereocenters. The first kappa shape index (κ1) is 23.0. The second kappa shape index (κ2) is 9.50. The monoisotopic (exact) mass is 447 g/mol. The predicted molar refractivity (Wildman–Crippen MR) is 109 cm³/mol. The van der Waals surface area contributed by atoms with Crippen molar-refractivity contribution in [1.29, 1.82) is 0 Å². The molecule has 7 nitrogen and oxygen atoms in total. The second-order valence-electron chi connectivity index (χ2n) is 6.61. The molecule has 5 N–H and O–H groups in total. The molecule has 0 bridgehead atoms. The van der Waals surface area contributed by atoms with E-state index < -0.39 is 13.4 Å². The molecule has 0 saturated carbocycles. The van der Waals surface area contributed by atoms with Crippen LogP contribution in [0.3, 0.4) is 0 Å². The first-order valence-corrected chi connectivity index (χ1v) is 11.0. The van der Waals surface area contributed by atoms with E-state index in [1.807, 2.05) is 12.1 Å². The first-order valence-electron chi connectivity index (χ1n) is 8.31. The molecule has 0 amide bonds. The minimum absolute atomic E-state index is 0.148. The zero-order valence-electron chi connectivity index (χ0n) is 15.5. The molecular formula is C18H23ClNO6PS. The Hall–Kier alpha value is -1.25. The SMILES string of the molecule is COc1ccc(O)c(Sc2ccc(CC[C@](C)(N)COP(=O)(O)O)c(Cl)c2)c1. The fraction of sp³-hybridized carbons (Fsp3) is 0.333. The summed E-state index contributed by atoms with van der Waals surface area (Å²) in [7, 11) is -3.00. The summed E-state index contributed by atoms with van der Waals surface area (Å²) in [6.45, 7) is 1.39. The van der Waals surface area contributed by atoms with Crippen molar-refractivity contribution in [3.05, 3.63) is 47.0 Å². The van der Waals surface area contributed by atoms with Crippen LogP contribution in [0, 0.1) is 0 Å². The number of phosphoric acid groups is 1. The maximum absolute atomic E-state index is 10.8. The van der Waals surface area contributed by atoms with Crippen LogP contribution in [0.15, 0.2) is 46.2 Å². The van der Waals surface area contributed by atoms with Gasteiger partial charge < -0.3 is 25.4 Å². The van der Waals surface area contributed by atoms with Gasteiger partial charge in [-0.3, -0.25) is 4.52 Å². The van der Waals surface area contributed by atoms with Crippen molar-refractivity contribution in [2.75, 3.05) is 13.7 Å². The Bertz CT molecular complexity index is 873. The van der Waals surface area contributed by atoms with E-state index in [1.54, 1.807) is 38.3 Å². The summed E-state index contributed by atoms with van der Waals surface area (Å²) >= 11 is 7.73.